The van der Waals surface area contributed by atoms with Gasteiger partial charge in [-0.15, -0.1) is 23.7 Å². The lowest BCUT2D eigenvalue weighted by Gasteiger charge is -2.19. The highest BCUT2D eigenvalue weighted by Crippen LogP contribution is 2.39. The molecule has 2 aromatic rings. The molecule has 7 heteroatoms. The summed E-state index contributed by atoms with van der Waals surface area (Å²) in [6.07, 6.45) is 4.16. The fraction of sp³-hybridized carbons (Fsp3) is 0.400. The standard InChI is InChI=1S/C15H16F2N2OS.ClH/c16-14(17)20-11-5-3-4-10(8-11)12-9-21-13(19-12)15(18)6-1-2-7-15;/h3-5,8-9,14H,1-2,6-7,18H2;1H. The number of hydrogen-bond acceptors (Lipinski definition) is 4. The van der Waals surface area contributed by atoms with Gasteiger partial charge in [0, 0.05) is 10.9 Å². The number of thiazole rings is 1. The van der Waals surface area contributed by atoms with Gasteiger partial charge in [-0.25, -0.2) is 4.98 Å². The molecule has 1 aliphatic carbocycles. The third kappa shape index (κ3) is 3.56. The van der Waals surface area contributed by atoms with Crippen molar-refractivity contribution in [3.05, 3.63) is 34.7 Å². The molecule has 1 aliphatic rings. The minimum absolute atomic E-state index is 0. The van der Waals surface area contributed by atoms with E-state index in [-0.39, 0.29) is 23.7 Å². The van der Waals surface area contributed by atoms with Crippen LogP contribution in [0.4, 0.5) is 8.78 Å². The van der Waals surface area contributed by atoms with Crippen molar-refractivity contribution in [2.75, 3.05) is 0 Å². The molecule has 0 amide bonds. The monoisotopic (exact) mass is 346 g/mol. The highest BCUT2D eigenvalue weighted by molar-refractivity contribution is 7.10. The summed E-state index contributed by atoms with van der Waals surface area (Å²) in [7, 11) is 0. The quantitative estimate of drug-likeness (QED) is 0.882. The summed E-state index contributed by atoms with van der Waals surface area (Å²) < 4.78 is 28.9. The van der Waals surface area contributed by atoms with Crippen LogP contribution in [0.1, 0.15) is 30.7 Å². The first kappa shape index (κ1) is 17.1. The Kier molecular flexibility index (Phi) is 5.36. The molecule has 1 aromatic heterocycles. The lowest BCUT2D eigenvalue weighted by Crippen LogP contribution is -2.32. The number of hydrogen-bond donors (Lipinski definition) is 1. The van der Waals surface area contributed by atoms with Crippen molar-refractivity contribution in [2.45, 2.75) is 37.8 Å². The van der Waals surface area contributed by atoms with E-state index in [0.717, 1.165) is 41.9 Å². The number of aromatic nitrogens is 1. The molecule has 0 bridgehead atoms. The summed E-state index contributed by atoms with van der Waals surface area (Å²) in [6.45, 7) is -2.82. The van der Waals surface area contributed by atoms with Gasteiger partial charge in [-0.2, -0.15) is 8.78 Å². The molecule has 0 atom stereocenters. The van der Waals surface area contributed by atoms with E-state index < -0.39 is 6.61 Å². The highest BCUT2D eigenvalue weighted by Gasteiger charge is 2.34. The van der Waals surface area contributed by atoms with Crippen molar-refractivity contribution in [1.82, 2.24) is 4.98 Å². The van der Waals surface area contributed by atoms with Crippen molar-refractivity contribution >= 4 is 23.7 Å². The van der Waals surface area contributed by atoms with Crippen LogP contribution < -0.4 is 10.5 Å². The average molecular weight is 347 g/mol. The van der Waals surface area contributed by atoms with Crippen LogP contribution in [0, 0.1) is 0 Å². The summed E-state index contributed by atoms with van der Waals surface area (Å²) in [5, 5.41) is 2.85. The van der Waals surface area contributed by atoms with E-state index in [0.29, 0.717) is 0 Å². The van der Waals surface area contributed by atoms with E-state index in [9.17, 15) is 8.78 Å². The Bertz CT molecular complexity index is 630. The first-order valence-corrected chi connectivity index (χ1v) is 7.75. The third-order valence-corrected chi connectivity index (χ3v) is 4.84. The van der Waals surface area contributed by atoms with Gasteiger partial charge in [0.15, 0.2) is 0 Å². The second-order valence-electron chi connectivity index (χ2n) is 5.31. The molecule has 0 unspecified atom stereocenters. The SMILES string of the molecule is Cl.NC1(c2nc(-c3cccc(OC(F)F)c3)cs2)CCCC1. The lowest BCUT2D eigenvalue weighted by atomic mass is 10.0. The lowest BCUT2D eigenvalue weighted by molar-refractivity contribution is -0.0498. The molecule has 0 radical (unpaired) electrons. The van der Waals surface area contributed by atoms with E-state index in [1.54, 1.807) is 12.1 Å². The molecule has 3 nitrogen and oxygen atoms in total. The Morgan fingerprint density at radius 3 is 2.68 bits per heavy atom. The molecule has 3 rings (SSSR count). The van der Waals surface area contributed by atoms with Crippen LogP contribution in [0.5, 0.6) is 5.75 Å². The molecule has 2 N–H and O–H groups in total. The van der Waals surface area contributed by atoms with Gasteiger partial charge in [0.1, 0.15) is 10.8 Å². The van der Waals surface area contributed by atoms with E-state index in [2.05, 4.69) is 9.72 Å². The predicted octanol–water partition coefficient (Wildman–Crippen LogP) is 4.56. The summed E-state index contributed by atoms with van der Waals surface area (Å²) in [5.41, 5.74) is 7.59. The maximum absolute atomic E-state index is 12.3. The number of nitrogens with two attached hydrogens (primary N) is 1. The second kappa shape index (κ2) is 6.89. The number of alkyl halides is 2. The Morgan fingerprint density at radius 1 is 1.27 bits per heavy atom. The summed E-state index contributed by atoms with van der Waals surface area (Å²) in [5.74, 6) is 0.139. The minimum Gasteiger partial charge on any atom is -0.435 e. The molecule has 1 aromatic carbocycles. The molecule has 1 heterocycles. The van der Waals surface area contributed by atoms with Gasteiger partial charge in [-0.05, 0) is 25.0 Å². The smallest absolute Gasteiger partial charge is 0.387 e. The number of halogens is 3. The Labute approximate surface area is 137 Å². The molecular weight excluding hydrogens is 330 g/mol. The average Bonchev–Trinajstić information content (AvgIpc) is 3.08. The van der Waals surface area contributed by atoms with E-state index in [1.807, 2.05) is 11.4 Å². The zero-order valence-electron chi connectivity index (χ0n) is 11.8. The van der Waals surface area contributed by atoms with Crippen LogP contribution in [0.15, 0.2) is 29.6 Å². The van der Waals surface area contributed by atoms with E-state index >= 15 is 0 Å². The topological polar surface area (TPSA) is 48.1 Å². The van der Waals surface area contributed by atoms with Gasteiger partial charge in [-0.1, -0.05) is 25.0 Å². The largest absolute Gasteiger partial charge is 0.435 e. The van der Waals surface area contributed by atoms with Crippen LogP contribution >= 0.6 is 23.7 Å². The van der Waals surface area contributed by atoms with Gasteiger partial charge >= 0.3 is 6.61 Å². The van der Waals surface area contributed by atoms with Crippen molar-refractivity contribution < 1.29 is 13.5 Å². The van der Waals surface area contributed by atoms with Crippen LogP contribution in [-0.4, -0.2) is 11.6 Å². The van der Waals surface area contributed by atoms with Gasteiger partial charge in [0.2, 0.25) is 0 Å². The molecule has 1 saturated carbocycles. The number of benzene rings is 1. The predicted molar refractivity (Wildman–Crippen MR) is 85.8 cm³/mol. The highest BCUT2D eigenvalue weighted by atomic mass is 35.5. The first-order chi connectivity index (χ1) is 10.1. The number of rotatable bonds is 4. The zero-order valence-corrected chi connectivity index (χ0v) is 13.4. The maximum atomic E-state index is 12.3. The Balaban J connectivity index is 0.00000176. The van der Waals surface area contributed by atoms with E-state index in [4.69, 9.17) is 5.73 Å². The summed E-state index contributed by atoms with van der Waals surface area (Å²) >= 11 is 1.54. The van der Waals surface area contributed by atoms with Crippen LogP contribution in [0.25, 0.3) is 11.3 Å². The van der Waals surface area contributed by atoms with Crippen LogP contribution in [-0.2, 0) is 5.54 Å². The van der Waals surface area contributed by atoms with Crippen molar-refractivity contribution in [2.24, 2.45) is 5.73 Å². The fourth-order valence-electron chi connectivity index (χ4n) is 2.69. The van der Waals surface area contributed by atoms with Gasteiger partial charge in [-0.3, -0.25) is 0 Å². The molecule has 1 fully saturated rings. The summed E-state index contributed by atoms with van der Waals surface area (Å²) in [4.78, 5) is 4.60. The Morgan fingerprint density at radius 2 is 2.00 bits per heavy atom. The van der Waals surface area contributed by atoms with Gasteiger partial charge in [0.05, 0.1) is 11.2 Å². The molecule has 22 heavy (non-hydrogen) atoms. The van der Waals surface area contributed by atoms with E-state index in [1.165, 1.54) is 17.4 Å². The van der Waals surface area contributed by atoms with Gasteiger partial charge < -0.3 is 10.5 Å². The Hall–Kier alpha value is -1.24. The molecular formula is C15H17ClF2N2OS. The minimum atomic E-state index is -2.82. The normalized spacial score (nSPS) is 16.5. The first-order valence-electron chi connectivity index (χ1n) is 6.87. The second-order valence-corrected chi connectivity index (χ2v) is 6.17. The zero-order chi connectivity index (χ0) is 14.9. The molecule has 0 spiro atoms. The molecule has 0 saturated heterocycles. The summed E-state index contributed by atoms with van der Waals surface area (Å²) in [6, 6.07) is 6.59. The maximum Gasteiger partial charge on any atom is 0.387 e. The van der Waals surface area contributed by atoms with Crippen LogP contribution in [0.3, 0.4) is 0 Å². The molecule has 0 aliphatic heterocycles. The van der Waals surface area contributed by atoms with Crippen LogP contribution in [0.2, 0.25) is 0 Å². The third-order valence-electron chi connectivity index (χ3n) is 3.78. The van der Waals surface area contributed by atoms with Gasteiger partial charge in [0.25, 0.3) is 0 Å². The van der Waals surface area contributed by atoms with Crippen molar-refractivity contribution in [3.8, 4) is 17.0 Å². The fourth-order valence-corrected chi connectivity index (χ4v) is 3.69. The number of nitrogens with zero attached hydrogens (tertiary/aromatic N) is 1. The van der Waals surface area contributed by atoms with Crippen molar-refractivity contribution in [1.29, 1.82) is 0 Å². The molecule has 120 valence electrons. The van der Waals surface area contributed by atoms with Crippen molar-refractivity contribution in [3.63, 3.8) is 0 Å². The number of ether oxygens (including phenoxy) is 1.